The Hall–Kier alpha value is -3.60. The molecule has 1 unspecified atom stereocenters. The van der Waals surface area contributed by atoms with Crippen molar-refractivity contribution in [1.29, 1.82) is 0 Å². The number of benzene rings is 3. The Morgan fingerprint density at radius 1 is 0.970 bits per heavy atom. The van der Waals surface area contributed by atoms with E-state index in [0.29, 0.717) is 19.6 Å². The van der Waals surface area contributed by atoms with Gasteiger partial charge in [-0.15, -0.1) is 0 Å². The average molecular weight is 440 g/mol. The van der Waals surface area contributed by atoms with Gasteiger partial charge in [-0.05, 0) is 67.8 Å². The highest BCUT2D eigenvalue weighted by Gasteiger charge is 2.34. The van der Waals surface area contributed by atoms with Crippen LogP contribution in [0.1, 0.15) is 35.7 Å². The highest BCUT2D eigenvalue weighted by atomic mass is 16.5. The van der Waals surface area contributed by atoms with Crippen molar-refractivity contribution in [2.75, 3.05) is 18.1 Å². The molecule has 1 aliphatic heterocycles. The fraction of sp³-hybridized carbons (Fsp3) is 0.286. The summed E-state index contributed by atoms with van der Waals surface area (Å²) in [5.41, 5.74) is 5.51. The standard InChI is InChI=1S/C28H29N3O2/c1-20-13-14-23(17-21(20)2)31-19-22(18-27(31)32)28-29-25-11-6-7-12-26(25)30(28)15-8-16-33-24-9-4-3-5-10-24/h3-7,9-14,17,22H,8,15-16,18-19H2,1-2H3. The molecule has 0 N–H and O–H groups in total. The first-order valence-electron chi connectivity index (χ1n) is 11.6. The van der Waals surface area contributed by atoms with Gasteiger partial charge in [-0.25, -0.2) is 4.98 Å². The molecule has 1 fully saturated rings. The van der Waals surface area contributed by atoms with E-state index in [1.165, 1.54) is 11.1 Å². The number of para-hydroxylation sites is 3. The van der Waals surface area contributed by atoms with Gasteiger partial charge in [0.1, 0.15) is 11.6 Å². The smallest absolute Gasteiger partial charge is 0.227 e. The van der Waals surface area contributed by atoms with Crippen LogP contribution in [0.25, 0.3) is 11.0 Å². The number of rotatable bonds is 7. The number of aromatic nitrogens is 2. The van der Waals surface area contributed by atoms with Crippen LogP contribution in [0.5, 0.6) is 5.75 Å². The zero-order valence-corrected chi connectivity index (χ0v) is 19.2. The Kier molecular flexibility index (Phi) is 5.86. The van der Waals surface area contributed by atoms with Crippen molar-refractivity contribution in [3.63, 3.8) is 0 Å². The molecule has 0 spiro atoms. The number of fused-ring (bicyclic) bond motifs is 1. The Labute approximate surface area is 194 Å². The molecule has 1 atom stereocenters. The molecule has 0 aliphatic carbocycles. The highest BCUT2D eigenvalue weighted by molar-refractivity contribution is 5.96. The molecule has 0 saturated carbocycles. The number of aryl methyl sites for hydroxylation is 3. The molecular formula is C28H29N3O2. The first-order chi connectivity index (χ1) is 16.1. The van der Waals surface area contributed by atoms with E-state index in [1.54, 1.807) is 0 Å². The predicted octanol–water partition coefficient (Wildman–Crippen LogP) is 5.64. The second-order valence-electron chi connectivity index (χ2n) is 8.80. The second kappa shape index (κ2) is 9.10. The van der Waals surface area contributed by atoms with E-state index in [2.05, 4.69) is 36.6 Å². The van der Waals surface area contributed by atoms with Crippen molar-refractivity contribution in [2.24, 2.45) is 0 Å². The minimum Gasteiger partial charge on any atom is -0.494 e. The Bertz CT molecular complexity index is 1280. The van der Waals surface area contributed by atoms with Crippen LogP contribution in [0.4, 0.5) is 5.69 Å². The van der Waals surface area contributed by atoms with Crippen LogP contribution in [0, 0.1) is 13.8 Å². The van der Waals surface area contributed by atoms with Crippen LogP contribution in [0.15, 0.2) is 72.8 Å². The van der Waals surface area contributed by atoms with Crippen LogP contribution in [-0.4, -0.2) is 28.6 Å². The van der Waals surface area contributed by atoms with Crippen molar-refractivity contribution in [3.05, 3.63) is 89.7 Å². The molecule has 5 rings (SSSR count). The third-order valence-electron chi connectivity index (χ3n) is 6.51. The zero-order chi connectivity index (χ0) is 22.8. The summed E-state index contributed by atoms with van der Waals surface area (Å²) in [4.78, 5) is 19.9. The lowest BCUT2D eigenvalue weighted by molar-refractivity contribution is -0.117. The normalized spacial score (nSPS) is 16.0. The van der Waals surface area contributed by atoms with E-state index < -0.39 is 0 Å². The number of carbonyl (C=O) groups excluding carboxylic acids is 1. The van der Waals surface area contributed by atoms with E-state index >= 15 is 0 Å². The molecule has 1 aliphatic rings. The van der Waals surface area contributed by atoms with Gasteiger partial charge in [-0.1, -0.05) is 36.4 Å². The minimum absolute atomic E-state index is 0.0709. The number of hydrogen-bond acceptors (Lipinski definition) is 3. The lowest BCUT2D eigenvalue weighted by atomic mass is 10.1. The molecule has 0 bridgehead atoms. The number of anilines is 1. The third-order valence-corrected chi connectivity index (χ3v) is 6.51. The number of ether oxygens (including phenoxy) is 1. The quantitative estimate of drug-likeness (QED) is 0.350. The van der Waals surface area contributed by atoms with Gasteiger partial charge in [0.25, 0.3) is 0 Å². The van der Waals surface area contributed by atoms with Crippen LogP contribution in [-0.2, 0) is 11.3 Å². The SMILES string of the molecule is Cc1ccc(N2CC(c3nc4ccccc4n3CCCOc3ccccc3)CC2=O)cc1C. The molecule has 2 heterocycles. The predicted molar refractivity (Wildman–Crippen MR) is 132 cm³/mol. The highest BCUT2D eigenvalue weighted by Crippen LogP contribution is 2.34. The first-order valence-corrected chi connectivity index (χ1v) is 11.6. The van der Waals surface area contributed by atoms with E-state index in [4.69, 9.17) is 9.72 Å². The summed E-state index contributed by atoms with van der Waals surface area (Å²) in [5.74, 6) is 2.12. The van der Waals surface area contributed by atoms with Gasteiger partial charge in [0, 0.05) is 31.1 Å². The molecule has 0 radical (unpaired) electrons. The molecule has 168 valence electrons. The summed E-state index contributed by atoms with van der Waals surface area (Å²) in [5, 5.41) is 0. The maximum atomic E-state index is 13.0. The maximum absolute atomic E-state index is 13.0. The van der Waals surface area contributed by atoms with Crippen molar-refractivity contribution >= 4 is 22.6 Å². The lowest BCUT2D eigenvalue weighted by Gasteiger charge is -2.18. The molecule has 5 nitrogen and oxygen atoms in total. The molecule has 33 heavy (non-hydrogen) atoms. The number of hydrogen-bond donors (Lipinski definition) is 0. The van der Waals surface area contributed by atoms with Gasteiger partial charge in [0.05, 0.1) is 17.6 Å². The summed E-state index contributed by atoms with van der Waals surface area (Å²) in [7, 11) is 0. The summed E-state index contributed by atoms with van der Waals surface area (Å²) >= 11 is 0. The Morgan fingerprint density at radius 2 is 1.76 bits per heavy atom. The van der Waals surface area contributed by atoms with Crippen molar-refractivity contribution in [3.8, 4) is 5.75 Å². The van der Waals surface area contributed by atoms with Crippen molar-refractivity contribution < 1.29 is 9.53 Å². The van der Waals surface area contributed by atoms with Crippen LogP contribution in [0.3, 0.4) is 0 Å². The van der Waals surface area contributed by atoms with Gasteiger partial charge in [0.15, 0.2) is 0 Å². The fourth-order valence-corrected chi connectivity index (χ4v) is 4.59. The summed E-state index contributed by atoms with van der Waals surface area (Å²) < 4.78 is 8.18. The van der Waals surface area contributed by atoms with Gasteiger partial charge >= 0.3 is 0 Å². The summed E-state index contributed by atoms with van der Waals surface area (Å²) in [6, 6.07) is 24.4. The maximum Gasteiger partial charge on any atom is 0.227 e. The van der Waals surface area contributed by atoms with Crippen LogP contribution < -0.4 is 9.64 Å². The van der Waals surface area contributed by atoms with E-state index in [1.807, 2.05) is 59.5 Å². The molecule has 5 heteroatoms. The summed E-state index contributed by atoms with van der Waals surface area (Å²) in [6.45, 7) is 6.28. The van der Waals surface area contributed by atoms with Crippen molar-refractivity contribution in [1.82, 2.24) is 9.55 Å². The number of amides is 1. The average Bonchev–Trinajstić information content (AvgIpc) is 3.40. The van der Waals surface area contributed by atoms with Gasteiger partial charge in [-0.2, -0.15) is 0 Å². The van der Waals surface area contributed by atoms with Gasteiger partial charge in [-0.3, -0.25) is 4.79 Å². The summed E-state index contributed by atoms with van der Waals surface area (Å²) in [6.07, 6.45) is 1.35. The topological polar surface area (TPSA) is 47.4 Å². The Morgan fingerprint density at radius 3 is 2.58 bits per heavy atom. The molecular weight excluding hydrogens is 410 g/mol. The van der Waals surface area contributed by atoms with E-state index in [-0.39, 0.29) is 11.8 Å². The van der Waals surface area contributed by atoms with E-state index in [0.717, 1.165) is 41.3 Å². The zero-order valence-electron chi connectivity index (χ0n) is 19.2. The number of carbonyl (C=O) groups is 1. The van der Waals surface area contributed by atoms with Crippen LogP contribution in [0.2, 0.25) is 0 Å². The van der Waals surface area contributed by atoms with Crippen LogP contribution >= 0.6 is 0 Å². The molecule has 1 saturated heterocycles. The number of nitrogens with zero attached hydrogens (tertiary/aromatic N) is 3. The van der Waals surface area contributed by atoms with E-state index in [9.17, 15) is 4.79 Å². The Balaban J connectivity index is 1.36. The monoisotopic (exact) mass is 439 g/mol. The minimum atomic E-state index is 0.0709. The largest absolute Gasteiger partial charge is 0.494 e. The van der Waals surface area contributed by atoms with Gasteiger partial charge < -0.3 is 14.2 Å². The molecule has 1 amide bonds. The third kappa shape index (κ3) is 4.36. The molecule has 1 aromatic heterocycles. The molecule has 3 aromatic carbocycles. The molecule has 4 aromatic rings. The van der Waals surface area contributed by atoms with Gasteiger partial charge in [0.2, 0.25) is 5.91 Å². The second-order valence-corrected chi connectivity index (χ2v) is 8.80. The fourth-order valence-electron chi connectivity index (χ4n) is 4.59. The number of imidazole rings is 1. The van der Waals surface area contributed by atoms with Crippen molar-refractivity contribution in [2.45, 2.75) is 39.2 Å². The lowest BCUT2D eigenvalue weighted by Crippen LogP contribution is -2.24. The first kappa shape index (κ1) is 21.3.